The van der Waals surface area contributed by atoms with Gasteiger partial charge in [-0.2, -0.15) is 13.9 Å². The third kappa shape index (κ3) is 4.12. The number of pyridine rings is 1. The van der Waals surface area contributed by atoms with E-state index in [1.165, 1.54) is 0 Å². The van der Waals surface area contributed by atoms with Crippen molar-refractivity contribution in [2.24, 2.45) is 10.8 Å². The number of nitrogens with zero attached hydrogens (tertiary/aromatic N) is 5. The molecular formula is C20H24F2N6. The van der Waals surface area contributed by atoms with Gasteiger partial charge < -0.3 is 15.5 Å². The van der Waals surface area contributed by atoms with Gasteiger partial charge in [-0.1, -0.05) is 12.1 Å². The van der Waals surface area contributed by atoms with E-state index in [1.54, 1.807) is 11.3 Å². The fourth-order valence-electron chi connectivity index (χ4n) is 3.09. The third-order valence-corrected chi connectivity index (χ3v) is 4.69. The van der Waals surface area contributed by atoms with Crippen molar-refractivity contribution < 1.29 is 8.78 Å². The van der Waals surface area contributed by atoms with Crippen molar-refractivity contribution in [2.45, 2.75) is 6.92 Å². The number of benzene rings is 1. The second-order valence-electron chi connectivity index (χ2n) is 6.82. The van der Waals surface area contributed by atoms with Gasteiger partial charge in [0, 0.05) is 43.7 Å². The Bertz CT molecular complexity index is 888. The molecule has 0 amide bonds. The Morgan fingerprint density at radius 1 is 1.21 bits per heavy atom. The first-order valence-corrected chi connectivity index (χ1v) is 8.93. The molecular weight excluding hydrogens is 362 g/mol. The van der Waals surface area contributed by atoms with Crippen LogP contribution < -0.4 is 15.5 Å². The summed E-state index contributed by atoms with van der Waals surface area (Å²) in [5.41, 5.74) is 9.43. The van der Waals surface area contributed by atoms with Crippen molar-refractivity contribution in [3.8, 4) is 11.1 Å². The molecule has 0 saturated carbocycles. The highest BCUT2D eigenvalue weighted by Gasteiger charge is 2.20. The van der Waals surface area contributed by atoms with Crippen LogP contribution in [0, 0.1) is 6.92 Å². The first-order chi connectivity index (χ1) is 13.4. The van der Waals surface area contributed by atoms with E-state index in [1.807, 2.05) is 67.3 Å². The molecule has 0 spiro atoms. The number of hydrazone groups is 1. The van der Waals surface area contributed by atoms with Gasteiger partial charge >= 0.3 is 0 Å². The van der Waals surface area contributed by atoms with E-state index >= 15 is 0 Å². The molecule has 0 aliphatic carbocycles. The first kappa shape index (κ1) is 19.8. The third-order valence-electron chi connectivity index (χ3n) is 4.69. The van der Waals surface area contributed by atoms with Gasteiger partial charge in [0.15, 0.2) is 0 Å². The highest BCUT2D eigenvalue weighted by molar-refractivity contribution is 5.85. The van der Waals surface area contributed by atoms with Gasteiger partial charge in [-0.05, 0) is 36.2 Å². The minimum atomic E-state index is -1.73. The Balaban J connectivity index is 1.80. The Hall–Kier alpha value is -3.00. The van der Waals surface area contributed by atoms with Crippen molar-refractivity contribution in [1.29, 1.82) is 0 Å². The van der Waals surface area contributed by atoms with E-state index in [4.69, 9.17) is 5.73 Å². The summed E-state index contributed by atoms with van der Waals surface area (Å²) in [6, 6.07) is 10.0. The van der Waals surface area contributed by atoms with Crippen molar-refractivity contribution in [1.82, 2.24) is 9.99 Å². The molecule has 3 rings (SSSR count). The van der Waals surface area contributed by atoms with E-state index in [9.17, 15) is 8.78 Å². The number of hydrogen-bond donors (Lipinski definition) is 1. The number of nitrogens with two attached hydrogens (primary N) is 1. The van der Waals surface area contributed by atoms with Crippen molar-refractivity contribution in [2.75, 3.05) is 43.7 Å². The molecule has 1 aliphatic heterocycles. The Labute approximate surface area is 163 Å². The molecule has 6 nitrogen and oxygen atoms in total. The average Bonchev–Trinajstić information content (AvgIpc) is 3.14. The summed E-state index contributed by atoms with van der Waals surface area (Å²) in [5.74, 6) is 0.892. The number of anilines is 2. The maximum atomic E-state index is 12.9. The number of hydrogen-bond acceptors (Lipinski definition) is 6. The van der Waals surface area contributed by atoms with Gasteiger partial charge in [0.2, 0.25) is 0 Å². The predicted octanol–water partition coefficient (Wildman–Crippen LogP) is 3.26. The summed E-state index contributed by atoms with van der Waals surface area (Å²) in [6.07, 6.45) is 1.78. The largest absolute Gasteiger partial charge is 0.363 e. The maximum Gasteiger partial charge on any atom is 0.272 e. The molecule has 148 valence electrons. The zero-order valence-electron chi connectivity index (χ0n) is 16.2. The van der Waals surface area contributed by atoms with Crippen LogP contribution in [0.5, 0.6) is 0 Å². The van der Waals surface area contributed by atoms with Crippen LogP contribution in [-0.2, 0) is 0 Å². The van der Waals surface area contributed by atoms with Gasteiger partial charge in [0.1, 0.15) is 18.8 Å². The highest BCUT2D eigenvalue weighted by Crippen LogP contribution is 2.31. The van der Waals surface area contributed by atoms with Crippen molar-refractivity contribution in [3.05, 3.63) is 53.7 Å². The van der Waals surface area contributed by atoms with E-state index in [0.29, 0.717) is 6.67 Å². The molecule has 8 heteroatoms. The summed E-state index contributed by atoms with van der Waals surface area (Å²) in [6.45, 7) is 2.26. The average molecular weight is 386 g/mol. The van der Waals surface area contributed by atoms with Crippen LogP contribution in [0.4, 0.5) is 20.3 Å². The zero-order valence-corrected chi connectivity index (χ0v) is 16.2. The second kappa shape index (κ2) is 8.35. The first-order valence-electron chi connectivity index (χ1n) is 8.93. The molecule has 2 N–H and O–H groups in total. The predicted molar refractivity (Wildman–Crippen MR) is 110 cm³/mol. The fourth-order valence-corrected chi connectivity index (χ4v) is 3.09. The number of halogens is 2. The lowest BCUT2D eigenvalue weighted by Crippen LogP contribution is -2.29. The SMILES string of the molecule is Cc1c(-c2ccc(N(C)C)nc2)cccc1N1C=NN(CC(CN)=C(F)F)C1. The summed E-state index contributed by atoms with van der Waals surface area (Å²) in [7, 11) is 3.90. The summed E-state index contributed by atoms with van der Waals surface area (Å²) in [4.78, 5) is 8.37. The molecule has 2 heterocycles. The van der Waals surface area contributed by atoms with Crippen LogP contribution in [0.1, 0.15) is 5.56 Å². The minimum absolute atomic E-state index is 0.0144. The molecule has 1 aromatic heterocycles. The topological polar surface area (TPSA) is 61.0 Å². The van der Waals surface area contributed by atoms with Crippen LogP contribution in [-0.4, -0.2) is 50.2 Å². The molecule has 1 aromatic carbocycles. The molecule has 0 fully saturated rings. The highest BCUT2D eigenvalue weighted by atomic mass is 19.3. The number of aromatic nitrogens is 1. The molecule has 0 radical (unpaired) electrons. The van der Waals surface area contributed by atoms with E-state index in [0.717, 1.165) is 28.2 Å². The molecule has 0 atom stereocenters. The van der Waals surface area contributed by atoms with E-state index in [-0.39, 0.29) is 18.7 Å². The minimum Gasteiger partial charge on any atom is -0.363 e. The summed E-state index contributed by atoms with van der Waals surface area (Å²) < 4.78 is 25.7. The second-order valence-corrected chi connectivity index (χ2v) is 6.82. The van der Waals surface area contributed by atoms with Gasteiger partial charge in [-0.25, -0.2) is 4.98 Å². The molecule has 28 heavy (non-hydrogen) atoms. The lowest BCUT2D eigenvalue weighted by atomic mass is 10.00. The summed E-state index contributed by atoms with van der Waals surface area (Å²) in [5, 5.41) is 5.80. The zero-order chi connectivity index (χ0) is 20.3. The van der Waals surface area contributed by atoms with Crippen LogP contribution in [0.2, 0.25) is 0 Å². The Morgan fingerprint density at radius 3 is 2.61 bits per heavy atom. The monoisotopic (exact) mass is 386 g/mol. The van der Waals surface area contributed by atoms with Crippen molar-refractivity contribution >= 4 is 17.8 Å². The van der Waals surface area contributed by atoms with E-state index in [2.05, 4.69) is 10.1 Å². The number of rotatable bonds is 6. The molecule has 0 saturated heterocycles. The van der Waals surface area contributed by atoms with Crippen LogP contribution in [0.25, 0.3) is 11.1 Å². The van der Waals surface area contributed by atoms with Crippen molar-refractivity contribution in [3.63, 3.8) is 0 Å². The normalized spacial score (nSPS) is 13.2. The van der Waals surface area contributed by atoms with Gasteiger partial charge in [0.05, 0.1) is 6.54 Å². The molecule has 0 unspecified atom stereocenters. The van der Waals surface area contributed by atoms with Crippen LogP contribution in [0.3, 0.4) is 0 Å². The summed E-state index contributed by atoms with van der Waals surface area (Å²) >= 11 is 0. The Morgan fingerprint density at radius 2 is 2.00 bits per heavy atom. The lowest BCUT2D eigenvalue weighted by Gasteiger charge is -2.22. The molecule has 2 aromatic rings. The fraction of sp³-hybridized carbons (Fsp3) is 0.300. The van der Waals surface area contributed by atoms with Crippen LogP contribution >= 0.6 is 0 Å². The molecule has 1 aliphatic rings. The van der Waals surface area contributed by atoms with Gasteiger partial charge in [-0.3, -0.25) is 5.01 Å². The lowest BCUT2D eigenvalue weighted by molar-refractivity contribution is 0.326. The van der Waals surface area contributed by atoms with Gasteiger partial charge in [-0.15, -0.1) is 0 Å². The van der Waals surface area contributed by atoms with Crippen LogP contribution in [0.15, 0.2) is 53.3 Å². The van der Waals surface area contributed by atoms with Gasteiger partial charge in [0.25, 0.3) is 6.08 Å². The Kier molecular flexibility index (Phi) is 5.89. The quantitative estimate of drug-likeness (QED) is 0.826. The smallest absolute Gasteiger partial charge is 0.272 e. The molecule has 0 bridgehead atoms. The maximum absolute atomic E-state index is 12.9. The standard InChI is InChI=1S/C20H24F2N6/c1-14-17(15-7-8-19(24-10-15)26(2)3)5-4-6-18(14)27-12-25-28(13-27)11-16(9-23)20(21)22/h4-8,10,12H,9,11,13,23H2,1-3H3. The van der Waals surface area contributed by atoms with E-state index < -0.39 is 6.08 Å².